The lowest BCUT2D eigenvalue weighted by molar-refractivity contribution is 0.0947. The van der Waals surface area contributed by atoms with Crippen molar-refractivity contribution in [2.75, 3.05) is 32.0 Å². The Hall–Kier alpha value is -1.75. The molecule has 11 heteroatoms. The number of nitrogens with zero attached hydrogens (tertiary/aromatic N) is 2. The lowest BCUT2D eigenvalue weighted by atomic mass is 9.75. The molecule has 1 atom stereocenters. The number of thiol groups is 1. The largest absolute Gasteiger partial charge is 0.352 e. The van der Waals surface area contributed by atoms with Crippen LogP contribution in [0.25, 0.3) is 0 Å². The molecule has 238 valence electrons. The van der Waals surface area contributed by atoms with E-state index in [2.05, 4.69) is 42.5 Å². The van der Waals surface area contributed by atoms with E-state index in [4.69, 9.17) is 35.8 Å². The number of rotatable bonds is 10. The van der Waals surface area contributed by atoms with Crippen molar-refractivity contribution < 1.29 is 13.2 Å². The standard InChI is InChI=1S/C33H41Cl2N3O3S3/c1-37(2)31(24-8-4-6-10-28(24)42)22-14-12-21(13-15-22)18-19-36-32(39)30-25-9-5-7-11-29(25)43-33(30)38(3)44(40,41)23-16-17-26(34)27(35)20-23/h4,6,8,10,16-17,20-22,31,42H,5,7,9,11-15,18-19H2,1-3H3,(H,36,39). The van der Waals surface area contributed by atoms with Gasteiger partial charge in [0.2, 0.25) is 0 Å². The molecule has 1 aromatic heterocycles. The molecule has 5 rings (SSSR count). The van der Waals surface area contributed by atoms with Gasteiger partial charge in [-0.1, -0.05) is 54.2 Å². The van der Waals surface area contributed by atoms with E-state index in [-0.39, 0.29) is 20.8 Å². The normalized spacial score (nSPS) is 19.4. The number of nitrogens with one attached hydrogen (secondary N) is 1. The second-order valence-corrected chi connectivity index (χ2v) is 16.6. The summed E-state index contributed by atoms with van der Waals surface area (Å²) in [4.78, 5) is 18.2. The summed E-state index contributed by atoms with van der Waals surface area (Å²) in [5, 5.41) is 4.07. The van der Waals surface area contributed by atoms with Gasteiger partial charge in [0, 0.05) is 29.4 Å². The third-order valence-electron chi connectivity index (χ3n) is 9.20. The van der Waals surface area contributed by atoms with Gasteiger partial charge in [-0.3, -0.25) is 9.10 Å². The average Bonchev–Trinajstić information content (AvgIpc) is 3.39. The zero-order chi connectivity index (χ0) is 31.6. The summed E-state index contributed by atoms with van der Waals surface area (Å²) < 4.78 is 28.5. The highest BCUT2D eigenvalue weighted by Crippen LogP contribution is 2.43. The van der Waals surface area contributed by atoms with Crippen molar-refractivity contribution in [1.82, 2.24) is 10.2 Å². The molecule has 0 radical (unpaired) electrons. The number of carbonyl (C=O) groups excluding carboxylic acids is 1. The minimum Gasteiger partial charge on any atom is -0.352 e. The van der Waals surface area contributed by atoms with Crippen molar-refractivity contribution in [2.24, 2.45) is 11.8 Å². The van der Waals surface area contributed by atoms with Crippen LogP contribution in [0, 0.1) is 11.8 Å². The van der Waals surface area contributed by atoms with Crippen LogP contribution < -0.4 is 9.62 Å². The number of benzene rings is 2. The Kier molecular flexibility index (Phi) is 11.0. The maximum Gasteiger partial charge on any atom is 0.264 e. The van der Waals surface area contributed by atoms with Gasteiger partial charge in [0.15, 0.2) is 0 Å². The summed E-state index contributed by atoms with van der Waals surface area (Å²) in [5.41, 5.74) is 2.78. The molecular weight excluding hydrogens is 653 g/mol. The molecule has 1 saturated carbocycles. The fraction of sp³-hybridized carbons (Fsp3) is 0.485. The zero-order valence-electron chi connectivity index (χ0n) is 25.5. The smallest absolute Gasteiger partial charge is 0.264 e. The van der Waals surface area contributed by atoms with Gasteiger partial charge in [0.05, 0.1) is 20.5 Å². The van der Waals surface area contributed by atoms with E-state index in [1.54, 1.807) is 0 Å². The molecule has 0 saturated heterocycles. The lowest BCUT2D eigenvalue weighted by Gasteiger charge is -2.38. The Labute approximate surface area is 281 Å². The Bertz CT molecular complexity index is 1600. The maximum atomic E-state index is 13.7. The van der Waals surface area contributed by atoms with Crippen molar-refractivity contribution in [2.45, 2.75) is 73.6 Å². The van der Waals surface area contributed by atoms with Crippen molar-refractivity contribution in [1.29, 1.82) is 0 Å². The van der Waals surface area contributed by atoms with Gasteiger partial charge in [-0.2, -0.15) is 0 Å². The summed E-state index contributed by atoms with van der Waals surface area (Å²) in [6.45, 7) is 0.568. The highest BCUT2D eigenvalue weighted by Gasteiger charge is 2.33. The summed E-state index contributed by atoms with van der Waals surface area (Å²) in [6.07, 6.45) is 9.11. The molecular formula is C33H41Cl2N3O3S3. The van der Waals surface area contributed by atoms with Crippen LogP contribution in [0.3, 0.4) is 0 Å². The van der Waals surface area contributed by atoms with Crippen LogP contribution in [0.5, 0.6) is 0 Å². The molecule has 2 aromatic carbocycles. The second-order valence-electron chi connectivity index (χ2n) is 12.2. The van der Waals surface area contributed by atoms with Gasteiger partial charge in [0.1, 0.15) is 5.00 Å². The average molecular weight is 695 g/mol. The van der Waals surface area contributed by atoms with E-state index < -0.39 is 10.0 Å². The molecule has 1 unspecified atom stereocenters. The SMILES string of the molecule is CN(C)C(c1ccccc1S)C1CCC(CCNC(=O)c2c(N(C)S(=O)(=O)c3ccc(Cl)c(Cl)c3)sc3c2CCCC3)CC1. The van der Waals surface area contributed by atoms with Gasteiger partial charge >= 0.3 is 0 Å². The number of carbonyl (C=O) groups is 1. The van der Waals surface area contributed by atoms with Crippen molar-refractivity contribution in [3.05, 3.63) is 74.1 Å². The minimum absolute atomic E-state index is 0.0390. The molecule has 1 fully saturated rings. The van der Waals surface area contributed by atoms with E-state index >= 15 is 0 Å². The zero-order valence-corrected chi connectivity index (χ0v) is 29.5. The Morgan fingerprint density at radius 1 is 1.02 bits per heavy atom. The van der Waals surface area contributed by atoms with E-state index in [0.29, 0.717) is 35.0 Å². The molecule has 3 aromatic rings. The molecule has 2 aliphatic rings. The van der Waals surface area contributed by atoms with Crippen molar-refractivity contribution in [3.8, 4) is 0 Å². The van der Waals surface area contributed by atoms with E-state index in [9.17, 15) is 13.2 Å². The molecule has 44 heavy (non-hydrogen) atoms. The van der Waals surface area contributed by atoms with Gasteiger partial charge in [-0.05, 0) is 106 Å². The number of aryl methyl sites for hydroxylation is 1. The first kappa shape index (κ1) is 33.6. The van der Waals surface area contributed by atoms with Crippen LogP contribution in [-0.2, 0) is 22.9 Å². The summed E-state index contributed by atoms with van der Waals surface area (Å²) >= 11 is 18.3. The van der Waals surface area contributed by atoms with Gasteiger partial charge in [-0.15, -0.1) is 24.0 Å². The molecule has 0 spiro atoms. The summed E-state index contributed by atoms with van der Waals surface area (Å²) in [7, 11) is 1.86. The topological polar surface area (TPSA) is 69.7 Å². The van der Waals surface area contributed by atoms with Gasteiger partial charge < -0.3 is 10.2 Å². The highest BCUT2D eigenvalue weighted by molar-refractivity contribution is 7.93. The van der Waals surface area contributed by atoms with Crippen molar-refractivity contribution >= 4 is 68.1 Å². The van der Waals surface area contributed by atoms with Crippen molar-refractivity contribution in [3.63, 3.8) is 0 Å². The predicted molar refractivity (Wildman–Crippen MR) is 186 cm³/mol. The third kappa shape index (κ3) is 7.13. The Balaban J connectivity index is 1.25. The minimum atomic E-state index is -3.95. The van der Waals surface area contributed by atoms with Crippen LogP contribution in [-0.4, -0.2) is 46.9 Å². The fourth-order valence-corrected chi connectivity index (χ4v) is 10.3. The first-order chi connectivity index (χ1) is 21.0. The first-order valence-corrected chi connectivity index (χ1v) is 18.8. The lowest BCUT2D eigenvalue weighted by Crippen LogP contribution is -2.33. The quantitative estimate of drug-likeness (QED) is 0.210. The monoisotopic (exact) mass is 693 g/mol. The predicted octanol–water partition coefficient (Wildman–Crippen LogP) is 8.28. The number of halogens is 2. The third-order valence-corrected chi connectivity index (χ3v) is 13.6. The van der Waals surface area contributed by atoms with Gasteiger partial charge in [0.25, 0.3) is 15.9 Å². The van der Waals surface area contributed by atoms with E-state index in [1.807, 2.05) is 6.07 Å². The summed E-state index contributed by atoms with van der Waals surface area (Å²) in [6, 6.07) is 13.0. The van der Waals surface area contributed by atoms with E-state index in [1.165, 1.54) is 46.5 Å². The Morgan fingerprint density at radius 3 is 2.41 bits per heavy atom. The number of sulfonamides is 1. The maximum absolute atomic E-state index is 13.7. The number of thiophene rings is 1. The molecule has 6 nitrogen and oxygen atoms in total. The number of anilines is 1. The van der Waals surface area contributed by atoms with Crippen LogP contribution in [0.4, 0.5) is 5.00 Å². The van der Waals surface area contributed by atoms with Crippen LogP contribution in [0.2, 0.25) is 10.0 Å². The number of fused-ring (bicyclic) bond motifs is 1. The number of hydrogen-bond donors (Lipinski definition) is 2. The molecule has 0 bridgehead atoms. The van der Waals surface area contributed by atoms with Crippen LogP contribution >= 0.6 is 47.2 Å². The van der Waals surface area contributed by atoms with Gasteiger partial charge in [-0.25, -0.2) is 8.42 Å². The molecule has 0 aliphatic heterocycles. The number of amides is 1. The van der Waals surface area contributed by atoms with Crippen LogP contribution in [0.15, 0.2) is 52.3 Å². The summed E-state index contributed by atoms with van der Waals surface area (Å²) in [5.74, 6) is 0.925. The van der Waals surface area contributed by atoms with Crippen LogP contribution in [0.1, 0.15) is 77.3 Å². The highest BCUT2D eigenvalue weighted by atomic mass is 35.5. The first-order valence-electron chi connectivity index (χ1n) is 15.3. The molecule has 2 aliphatic carbocycles. The second kappa shape index (κ2) is 14.3. The molecule has 1 N–H and O–H groups in total. The molecule has 1 heterocycles. The Morgan fingerprint density at radius 2 is 1.73 bits per heavy atom. The fourth-order valence-electron chi connectivity index (χ4n) is 6.87. The number of hydrogen-bond acceptors (Lipinski definition) is 6. The van der Waals surface area contributed by atoms with E-state index in [0.717, 1.165) is 73.1 Å². The molecule has 1 amide bonds.